The summed E-state index contributed by atoms with van der Waals surface area (Å²) in [7, 11) is 0. The first-order chi connectivity index (χ1) is 10.9. The van der Waals surface area contributed by atoms with Gasteiger partial charge in [0.1, 0.15) is 17.6 Å². The second-order valence-corrected chi connectivity index (χ2v) is 6.47. The third-order valence-corrected chi connectivity index (χ3v) is 4.81. The molecule has 0 bridgehead atoms. The molecule has 2 aliphatic carbocycles. The second kappa shape index (κ2) is 4.63. The number of rotatable bonds is 3. The number of carboxylic acid groups (broad SMARTS) is 1. The maximum atomic E-state index is 14.4. The van der Waals surface area contributed by atoms with Crippen molar-refractivity contribution in [3.63, 3.8) is 0 Å². The Morgan fingerprint density at radius 1 is 1.39 bits per heavy atom. The number of alkyl halides is 1. The number of hydrogen-bond acceptors (Lipinski definition) is 2. The monoisotopic (exact) mass is 319 g/mol. The van der Waals surface area contributed by atoms with Gasteiger partial charge in [-0.15, -0.1) is 0 Å². The fourth-order valence-electron chi connectivity index (χ4n) is 3.42. The van der Waals surface area contributed by atoms with E-state index in [4.69, 9.17) is 0 Å². The number of aromatic nitrogens is 1. The van der Waals surface area contributed by atoms with Gasteiger partial charge in [0.15, 0.2) is 0 Å². The van der Waals surface area contributed by atoms with Gasteiger partial charge in [0.2, 0.25) is 5.43 Å². The standard InChI is InChI=1S/C17H15F2NO3/c1-7-14(8-2-3-8)12(19)4-9-15(7)20(13-5-11(13)18)6-10(16(9)21)17(22)23/h4,6,8,11,13H,2-3,5H2,1H3,(H,22,23)/t11-,13+/m1/s1. The van der Waals surface area contributed by atoms with Gasteiger partial charge in [-0.1, -0.05) is 0 Å². The van der Waals surface area contributed by atoms with Gasteiger partial charge in [0.25, 0.3) is 0 Å². The Kier molecular flexibility index (Phi) is 2.89. The molecule has 2 aliphatic rings. The van der Waals surface area contributed by atoms with Gasteiger partial charge >= 0.3 is 5.97 Å². The molecule has 1 aromatic heterocycles. The van der Waals surface area contributed by atoms with Gasteiger partial charge in [-0.05, 0) is 42.9 Å². The van der Waals surface area contributed by atoms with E-state index in [9.17, 15) is 23.5 Å². The summed E-state index contributed by atoms with van der Waals surface area (Å²) in [5, 5.41) is 9.23. The van der Waals surface area contributed by atoms with Crippen LogP contribution in [0.1, 0.15) is 52.7 Å². The predicted octanol–water partition coefficient (Wildman–Crippen LogP) is 3.31. The topological polar surface area (TPSA) is 59.3 Å². The summed E-state index contributed by atoms with van der Waals surface area (Å²) < 4.78 is 29.5. The van der Waals surface area contributed by atoms with Crippen molar-refractivity contribution in [3.8, 4) is 0 Å². The Bertz CT molecular complexity index is 914. The largest absolute Gasteiger partial charge is 0.477 e. The van der Waals surface area contributed by atoms with Crippen LogP contribution in [0.2, 0.25) is 0 Å². The molecule has 2 saturated carbocycles. The molecule has 0 unspecified atom stereocenters. The Labute approximate surface area is 130 Å². The Hall–Kier alpha value is -2.24. The zero-order valence-electron chi connectivity index (χ0n) is 12.5. The minimum Gasteiger partial charge on any atom is -0.477 e. The number of benzene rings is 1. The molecule has 120 valence electrons. The second-order valence-electron chi connectivity index (χ2n) is 6.47. The predicted molar refractivity (Wildman–Crippen MR) is 80.4 cm³/mol. The van der Waals surface area contributed by atoms with E-state index in [1.165, 1.54) is 10.8 Å². The van der Waals surface area contributed by atoms with E-state index in [0.717, 1.165) is 18.9 Å². The third-order valence-electron chi connectivity index (χ3n) is 4.81. The first-order valence-corrected chi connectivity index (χ1v) is 7.65. The van der Waals surface area contributed by atoms with Crippen LogP contribution in [0.5, 0.6) is 0 Å². The van der Waals surface area contributed by atoms with Crippen molar-refractivity contribution in [2.75, 3.05) is 0 Å². The first-order valence-electron chi connectivity index (χ1n) is 7.65. The van der Waals surface area contributed by atoms with E-state index < -0.39 is 35.0 Å². The Morgan fingerprint density at radius 2 is 2.04 bits per heavy atom. The molecule has 0 aliphatic heterocycles. The van der Waals surface area contributed by atoms with Gasteiger partial charge < -0.3 is 9.67 Å². The molecule has 0 spiro atoms. The molecule has 23 heavy (non-hydrogen) atoms. The van der Waals surface area contributed by atoms with Crippen molar-refractivity contribution in [2.45, 2.75) is 44.3 Å². The lowest BCUT2D eigenvalue weighted by atomic mass is 9.98. The highest BCUT2D eigenvalue weighted by Crippen LogP contribution is 2.46. The van der Waals surface area contributed by atoms with Gasteiger partial charge in [-0.3, -0.25) is 4.79 Å². The highest BCUT2D eigenvalue weighted by atomic mass is 19.1. The maximum Gasteiger partial charge on any atom is 0.341 e. The number of aromatic carboxylic acids is 1. The van der Waals surface area contributed by atoms with Crippen LogP contribution < -0.4 is 5.43 Å². The van der Waals surface area contributed by atoms with Gasteiger partial charge in [0.05, 0.1) is 11.6 Å². The quantitative estimate of drug-likeness (QED) is 0.944. The Morgan fingerprint density at radius 3 is 2.57 bits per heavy atom. The fourth-order valence-corrected chi connectivity index (χ4v) is 3.42. The molecule has 2 atom stereocenters. The number of pyridine rings is 1. The van der Waals surface area contributed by atoms with Crippen LogP contribution in [0.25, 0.3) is 10.9 Å². The molecule has 6 heteroatoms. The van der Waals surface area contributed by atoms with E-state index in [-0.39, 0.29) is 17.7 Å². The molecule has 0 saturated heterocycles. The normalized spacial score (nSPS) is 23.3. The van der Waals surface area contributed by atoms with Crippen molar-refractivity contribution >= 4 is 16.9 Å². The molecule has 0 radical (unpaired) electrons. The maximum absolute atomic E-state index is 14.4. The molecular formula is C17H15F2NO3. The SMILES string of the molecule is Cc1c(C2CC2)c(F)cc2c(=O)c(C(=O)O)cn([C@H]3C[C@H]3F)c12. The molecule has 0 amide bonds. The third kappa shape index (κ3) is 2.08. The lowest BCUT2D eigenvalue weighted by Crippen LogP contribution is -2.20. The minimum atomic E-state index is -1.38. The van der Waals surface area contributed by atoms with Crippen LogP contribution in [0.15, 0.2) is 17.1 Å². The summed E-state index contributed by atoms with van der Waals surface area (Å²) in [6.45, 7) is 1.73. The lowest BCUT2D eigenvalue weighted by molar-refractivity contribution is 0.0694. The summed E-state index contributed by atoms with van der Waals surface area (Å²) in [6, 6.07) is 0.643. The fraction of sp³-hybridized carbons (Fsp3) is 0.412. The van der Waals surface area contributed by atoms with E-state index in [2.05, 4.69) is 0 Å². The number of halogens is 2. The minimum absolute atomic E-state index is 0.0170. The molecule has 1 aromatic carbocycles. The smallest absolute Gasteiger partial charge is 0.341 e. The van der Waals surface area contributed by atoms with E-state index >= 15 is 0 Å². The summed E-state index contributed by atoms with van der Waals surface area (Å²) in [5.74, 6) is -1.72. The number of nitrogens with zero attached hydrogens (tertiary/aromatic N) is 1. The summed E-state index contributed by atoms with van der Waals surface area (Å²) in [4.78, 5) is 23.7. The van der Waals surface area contributed by atoms with Gasteiger partial charge in [0, 0.05) is 18.0 Å². The van der Waals surface area contributed by atoms with Crippen molar-refractivity contribution in [1.29, 1.82) is 0 Å². The average molecular weight is 319 g/mol. The van der Waals surface area contributed by atoms with Crippen molar-refractivity contribution in [2.24, 2.45) is 0 Å². The molecule has 1 N–H and O–H groups in total. The van der Waals surface area contributed by atoms with Gasteiger partial charge in [-0.25, -0.2) is 13.6 Å². The number of aryl methyl sites for hydroxylation is 1. The van der Waals surface area contributed by atoms with Crippen LogP contribution in [0, 0.1) is 12.7 Å². The molecule has 4 rings (SSSR count). The van der Waals surface area contributed by atoms with Crippen LogP contribution in [0.3, 0.4) is 0 Å². The van der Waals surface area contributed by atoms with Gasteiger partial charge in [-0.2, -0.15) is 0 Å². The summed E-state index contributed by atoms with van der Waals surface area (Å²) in [5.41, 5.74) is 0.493. The zero-order valence-corrected chi connectivity index (χ0v) is 12.5. The van der Waals surface area contributed by atoms with Crippen LogP contribution >= 0.6 is 0 Å². The molecule has 2 aromatic rings. The number of carboxylic acids is 1. The van der Waals surface area contributed by atoms with Crippen molar-refractivity contribution < 1.29 is 18.7 Å². The van der Waals surface area contributed by atoms with Crippen LogP contribution in [-0.2, 0) is 0 Å². The Balaban J connectivity index is 2.12. The lowest BCUT2D eigenvalue weighted by Gasteiger charge is -2.17. The first kappa shape index (κ1) is 14.4. The van der Waals surface area contributed by atoms with E-state index in [0.29, 0.717) is 16.6 Å². The highest BCUT2D eigenvalue weighted by molar-refractivity contribution is 5.94. The van der Waals surface area contributed by atoms with Crippen molar-refractivity contribution in [1.82, 2.24) is 4.57 Å². The average Bonchev–Trinajstić information content (AvgIpc) is 3.37. The zero-order chi connectivity index (χ0) is 16.5. The van der Waals surface area contributed by atoms with E-state index in [1.54, 1.807) is 6.92 Å². The molecule has 1 heterocycles. The van der Waals surface area contributed by atoms with Crippen LogP contribution in [0.4, 0.5) is 8.78 Å². The number of fused-ring (bicyclic) bond motifs is 1. The molecule has 4 nitrogen and oxygen atoms in total. The number of hydrogen-bond donors (Lipinski definition) is 1. The van der Waals surface area contributed by atoms with Crippen molar-refractivity contribution in [3.05, 3.63) is 45.0 Å². The summed E-state index contributed by atoms with van der Waals surface area (Å²) in [6.07, 6.45) is 2.23. The number of carbonyl (C=O) groups is 1. The molecular weight excluding hydrogens is 304 g/mol. The van der Waals surface area contributed by atoms with E-state index in [1.807, 2.05) is 0 Å². The highest BCUT2D eigenvalue weighted by Gasteiger charge is 2.41. The van der Waals surface area contributed by atoms with Crippen LogP contribution in [-0.4, -0.2) is 21.8 Å². The molecule has 2 fully saturated rings. The summed E-state index contributed by atoms with van der Waals surface area (Å²) >= 11 is 0.